The van der Waals surface area contributed by atoms with Crippen molar-refractivity contribution in [2.45, 2.75) is 19.1 Å². The van der Waals surface area contributed by atoms with E-state index in [2.05, 4.69) is 15.3 Å². The summed E-state index contributed by atoms with van der Waals surface area (Å²) in [6.07, 6.45) is -4.61. The Morgan fingerprint density at radius 2 is 2.06 bits per heavy atom. The Kier molecular flexibility index (Phi) is 4.33. The fourth-order valence-corrected chi connectivity index (χ4v) is 1.22. The van der Waals surface area contributed by atoms with Crippen molar-refractivity contribution in [3.05, 3.63) is 11.9 Å². The second-order valence-electron chi connectivity index (χ2n) is 3.83. The van der Waals surface area contributed by atoms with Crippen LogP contribution < -0.4 is 10.2 Å². The highest BCUT2D eigenvalue weighted by Crippen LogP contribution is 2.29. The van der Waals surface area contributed by atoms with Crippen LogP contribution in [0.1, 0.15) is 12.7 Å². The second-order valence-corrected chi connectivity index (χ2v) is 3.83. The molecular formula is C10H15F3N4O. The van der Waals surface area contributed by atoms with Gasteiger partial charge in [-0.3, -0.25) is 0 Å². The highest BCUT2D eigenvalue weighted by Gasteiger charge is 2.35. The molecule has 1 rings (SSSR count). The van der Waals surface area contributed by atoms with Crippen LogP contribution in [-0.2, 0) is 6.18 Å². The number of nitrogens with one attached hydrogen (secondary N) is 1. The van der Waals surface area contributed by atoms with Crippen molar-refractivity contribution in [1.82, 2.24) is 9.97 Å². The van der Waals surface area contributed by atoms with Crippen molar-refractivity contribution >= 4 is 11.6 Å². The number of halogens is 3. The number of alkyl halides is 3. The van der Waals surface area contributed by atoms with Crippen molar-refractivity contribution in [3.63, 3.8) is 0 Å². The van der Waals surface area contributed by atoms with Gasteiger partial charge in [-0.05, 0) is 6.92 Å². The zero-order valence-corrected chi connectivity index (χ0v) is 10.3. The monoisotopic (exact) mass is 264 g/mol. The summed E-state index contributed by atoms with van der Waals surface area (Å²) in [5.74, 6) is -1.03. The van der Waals surface area contributed by atoms with Gasteiger partial charge >= 0.3 is 6.18 Å². The number of hydrogen-bond donors (Lipinski definition) is 2. The van der Waals surface area contributed by atoms with Gasteiger partial charge in [0.15, 0.2) is 0 Å². The van der Waals surface area contributed by atoms with Gasteiger partial charge in [0.1, 0.15) is 11.6 Å². The first-order chi connectivity index (χ1) is 8.29. The smallest absolute Gasteiger partial charge is 0.394 e. The quantitative estimate of drug-likeness (QED) is 0.859. The van der Waals surface area contributed by atoms with Gasteiger partial charge in [0.25, 0.3) is 0 Å². The number of nitrogens with zero attached hydrogens (tertiary/aromatic N) is 3. The normalized spacial score (nSPS) is 13.3. The second kappa shape index (κ2) is 5.38. The number of rotatable bonds is 4. The van der Waals surface area contributed by atoms with Crippen LogP contribution in [0.15, 0.2) is 6.07 Å². The molecule has 0 radical (unpaired) electrons. The Bertz CT molecular complexity index is 411. The van der Waals surface area contributed by atoms with Crippen molar-refractivity contribution < 1.29 is 18.3 Å². The zero-order chi connectivity index (χ0) is 13.9. The predicted octanol–water partition coefficient (Wildman–Crippen LogP) is 1.35. The molecule has 1 atom stereocenters. The first-order valence-corrected chi connectivity index (χ1v) is 5.27. The highest BCUT2D eigenvalue weighted by atomic mass is 19.4. The first-order valence-electron chi connectivity index (χ1n) is 5.27. The molecule has 5 nitrogen and oxygen atoms in total. The average Bonchev–Trinajstić information content (AvgIpc) is 2.35. The lowest BCUT2D eigenvalue weighted by Crippen LogP contribution is -2.33. The molecule has 0 saturated carbocycles. The van der Waals surface area contributed by atoms with Crippen LogP contribution in [0.5, 0.6) is 0 Å². The summed E-state index contributed by atoms with van der Waals surface area (Å²) in [4.78, 5) is 8.27. The van der Waals surface area contributed by atoms with Crippen molar-refractivity contribution in [3.8, 4) is 0 Å². The lowest BCUT2D eigenvalue weighted by molar-refractivity contribution is -0.144. The largest absolute Gasteiger partial charge is 0.451 e. The van der Waals surface area contributed by atoms with Gasteiger partial charge in [-0.2, -0.15) is 13.2 Å². The number of anilines is 2. The Hall–Kier alpha value is -1.57. The van der Waals surface area contributed by atoms with Gasteiger partial charge < -0.3 is 15.3 Å². The molecule has 1 aromatic heterocycles. The fourth-order valence-electron chi connectivity index (χ4n) is 1.22. The lowest BCUT2D eigenvalue weighted by Gasteiger charge is -2.25. The van der Waals surface area contributed by atoms with Crippen LogP contribution in [-0.4, -0.2) is 41.8 Å². The summed E-state index contributed by atoms with van der Waals surface area (Å²) < 4.78 is 37.8. The molecule has 0 amide bonds. The van der Waals surface area contributed by atoms with E-state index < -0.39 is 12.0 Å². The minimum absolute atomic E-state index is 0.0734. The maximum absolute atomic E-state index is 12.6. The van der Waals surface area contributed by atoms with Gasteiger partial charge in [0.05, 0.1) is 12.6 Å². The first kappa shape index (κ1) is 14.5. The number of likely N-dealkylation sites (N-methyl/N-ethyl adjacent to an activating group) is 1. The average molecular weight is 264 g/mol. The molecule has 8 heteroatoms. The number of aromatic nitrogens is 2. The van der Waals surface area contributed by atoms with Gasteiger partial charge in [-0.15, -0.1) is 0 Å². The zero-order valence-electron chi connectivity index (χ0n) is 10.3. The molecule has 0 spiro atoms. The molecule has 0 aliphatic rings. The lowest BCUT2D eigenvalue weighted by atomic mass is 10.3. The molecule has 0 fully saturated rings. The maximum Gasteiger partial charge on any atom is 0.451 e. The van der Waals surface area contributed by atoms with Gasteiger partial charge in [0, 0.05) is 20.2 Å². The Morgan fingerprint density at radius 1 is 1.44 bits per heavy atom. The third-order valence-electron chi connectivity index (χ3n) is 2.51. The Morgan fingerprint density at radius 3 is 2.50 bits per heavy atom. The minimum atomic E-state index is -4.61. The molecule has 0 aliphatic heterocycles. The van der Waals surface area contributed by atoms with Crippen LogP contribution in [0, 0.1) is 0 Å². The van der Waals surface area contributed by atoms with E-state index in [0.29, 0.717) is 0 Å². The molecule has 0 aromatic carbocycles. The summed E-state index contributed by atoms with van der Waals surface area (Å²) in [7, 11) is 3.03. The molecule has 2 N–H and O–H groups in total. The van der Waals surface area contributed by atoms with Crippen molar-refractivity contribution in [2.24, 2.45) is 0 Å². The van der Waals surface area contributed by atoms with Crippen LogP contribution in [0.4, 0.5) is 24.8 Å². The van der Waals surface area contributed by atoms with E-state index >= 15 is 0 Å². The summed E-state index contributed by atoms with van der Waals surface area (Å²) in [6.45, 7) is 1.49. The van der Waals surface area contributed by atoms with E-state index in [1.54, 1.807) is 14.0 Å². The molecular weight excluding hydrogens is 249 g/mol. The van der Waals surface area contributed by atoms with E-state index in [0.717, 1.165) is 0 Å². The summed E-state index contributed by atoms with van der Waals surface area (Å²) in [5, 5.41) is 11.6. The number of aliphatic hydroxyl groups is 1. The van der Waals surface area contributed by atoms with E-state index in [9.17, 15) is 13.2 Å². The molecule has 0 saturated heterocycles. The van der Waals surface area contributed by atoms with Gasteiger partial charge in [-0.25, -0.2) is 9.97 Å². The van der Waals surface area contributed by atoms with Crippen LogP contribution in [0.2, 0.25) is 0 Å². The topological polar surface area (TPSA) is 61.3 Å². The van der Waals surface area contributed by atoms with Gasteiger partial charge in [0.2, 0.25) is 5.82 Å². The third-order valence-corrected chi connectivity index (χ3v) is 2.51. The molecule has 102 valence electrons. The Balaban J connectivity index is 3.20. The standard InChI is InChI=1S/C10H15F3N4O/c1-6(5-18)17(3)8-4-7(14-2)15-9(16-8)10(11,12)13/h4,6,18H,5H2,1-3H3,(H,14,15,16). The summed E-state index contributed by atoms with van der Waals surface area (Å²) >= 11 is 0. The van der Waals surface area contributed by atoms with Crippen molar-refractivity contribution in [2.75, 3.05) is 30.9 Å². The van der Waals surface area contributed by atoms with Crippen LogP contribution in [0.3, 0.4) is 0 Å². The molecule has 1 unspecified atom stereocenters. The molecule has 1 aromatic rings. The van der Waals surface area contributed by atoms with Crippen LogP contribution >= 0.6 is 0 Å². The summed E-state index contributed by atoms with van der Waals surface area (Å²) in [6, 6.07) is 1.05. The molecule has 18 heavy (non-hydrogen) atoms. The van der Waals surface area contributed by atoms with E-state index in [1.807, 2.05) is 0 Å². The number of aliphatic hydroxyl groups excluding tert-OH is 1. The molecule has 0 bridgehead atoms. The SMILES string of the molecule is CNc1cc(N(C)C(C)CO)nc(C(F)(F)F)n1. The minimum Gasteiger partial charge on any atom is -0.394 e. The summed E-state index contributed by atoms with van der Waals surface area (Å²) in [5.41, 5.74) is 0. The maximum atomic E-state index is 12.6. The third kappa shape index (κ3) is 3.22. The molecule has 1 heterocycles. The van der Waals surface area contributed by atoms with E-state index in [-0.39, 0.29) is 24.3 Å². The van der Waals surface area contributed by atoms with E-state index in [1.165, 1.54) is 18.0 Å². The van der Waals surface area contributed by atoms with E-state index in [4.69, 9.17) is 5.11 Å². The fraction of sp³-hybridized carbons (Fsp3) is 0.600. The van der Waals surface area contributed by atoms with Crippen molar-refractivity contribution in [1.29, 1.82) is 0 Å². The Labute approximate surface area is 103 Å². The predicted molar refractivity (Wildman–Crippen MR) is 61.5 cm³/mol. The van der Waals surface area contributed by atoms with Gasteiger partial charge in [-0.1, -0.05) is 0 Å². The molecule has 0 aliphatic carbocycles. The highest BCUT2D eigenvalue weighted by molar-refractivity contribution is 5.49. The number of hydrogen-bond acceptors (Lipinski definition) is 5. The van der Waals surface area contributed by atoms with Crippen LogP contribution in [0.25, 0.3) is 0 Å².